The van der Waals surface area contributed by atoms with Gasteiger partial charge in [-0.25, -0.2) is 0 Å². The van der Waals surface area contributed by atoms with Crippen molar-refractivity contribution < 1.29 is 9.90 Å². The van der Waals surface area contributed by atoms with Gasteiger partial charge in [-0.3, -0.25) is 9.36 Å². The number of aromatic nitrogens is 3. The van der Waals surface area contributed by atoms with Crippen LogP contribution in [0, 0.1) is 6.92 Å². The van der Waals surface area contributed by atoms with Gasteiger partial charge in [0.15, 0.2) is 0 Å². The lowest BCUT2D eigenvalue weighted by atomic mass is 10.2. The molecule has 1 aromatic heterocycles. The minimum absolute atomic E-state index is 0.207. The fourth-order valence-electron chi connectivity index (χ4n) is 2.04. The maximum atomic E-state index is 10.5. The Morgan fingerprint density at radius 2 is 1.95 bits per heavy atom. The maximum Gasteiger partial charge on any atom is 0.303 e. The van der Waals surface area contributed by atoms with Crippen LogP contribution < -0.4 is 0 Å². The number of para-hydroxylation sites is 1. The molecular formula is C14H17N3O2. The molecule has 100 valence electrons. The zero-order valence-corrected chi connectivity index (χ0v) is 10.9. The van der Waals surface area contributed by atoms with Gasteiger partial charge >= 0.3 is 5.97 Å². The van der Waals surface area contributed by atoms with Crippen molar-refractivity contribution in [3.63, 3.8) is 0 Å². The van der Waals surface area contributed by atoms with E-state index >= 15 is 0 Å². The normalized spacial score (nSPS) is 10.6. The van der Waals surface area contributed by atoms with Gasteiger partial charge in [-0.05, 0) is 31.9 Å². The van der Waals surface area contributed by atoms with Crippen LogP contribution in [0.4, 0.5) is 0 Å². The summed E-state index contributed by atoms with van der Waals surface area (Å²) in [6.45, 7) is 1.92. The van der Waals surface area contributed by atoms with Gasteiger partial charge in [-0.2, -0.15) is 0 Å². The number of unbranched alkanes of at least 4 members (excludes halogenated alkanes) is 1. The van der Waals surface area contributed by atoms with Crippen LogP contribution in [0.25, 0.3) is 5.69 Å². The highest BCUT2D eigenvalue weighted by Crippen LogP contribution is 2.14. The molecule has 0 radical (unpaired) electrons. The van der Waals surface area contributed by atoms with Crippen LogP contribution in [0.3, 0.4) is 0 Å². The second-order valence-corrected chi connectivity index (χ2v) is 4.44. The Labute approximate surface area is 111 Å². The first-order valence-electron chi connectivity index (χ1n) is 6.36. The SMILES string of the molecule is Cc1nnc(CCCCC(=O)O)n1-c1ccccc1. The molecule has 1 heterocycles. The summed E-state index contributed by atoms with van der Waals surface area (Å²) in [6, 6.07) is 9.94. The topological polar surface area (TPSA) is 68.0 Å². The fourth-order valence-corrected chi connectivity index (χ4v) is 2.04. The third-order valence-electron chi connectivity index (χ3n) is 2.95. The quantitative estimate of drug-likeness (QED) is 0.809. The minimum Gasteiger partial charge on any atom is -0.481 e. The largest absolute Gasteiger partial charge is 0.481 e. The van der Waals surface area contributed by atoms with Crippen molar-refractivity contribution in [3.05, 3.63) is 42.0 Å². The molecule has 2 aromatic rings. The van der Waals surface area contributed by atoms with E-state index in [2.05, 4.69) is 10.2 Å². The van der Waals surface area contributed by atoms with E-state index in [1.165, 1.54) is 0 Å². The third kappa shape index (κ3) is 3.40. The van der Waals surface area contributed by atoms with Crippen LogP contribution in [-0.2, 0) is 11.2 Å². The van der Waals surface area contributed by atoms with E-state index < -0.39 is 5.97 Å². The van der Waals surface area contributed by atoms with Gasteiger partial charge in [-0.15, -0.1) is 10.2 Å². The van der Waals surface area contributed by atoms with Crippen LogP contribution in [0.15, 0.2) is 30.3 Å². The maximum absolute atomic E-state index is 10.5. The highest BCUT2D eigenvalue weighted by molar-refractivity contribution is 5.66. The van der Waals surface area contributed by atoms with E-state index in [0.29, 0.717) is 6.42 Å². The summed E-state index contributed by atoms with van der Waals surface area (Å²) >= 11 is 0. The zero-order valence-electron chi connectivity index (χ0n) is 10.9. The Kier molecular flexibility index (Phi) is 4.28. The molecule has 0 aliphatic heterocycles. The molecule has 5 heteroatoms. The van der Waals surface area contributed by atoms with Crippen LogP contribution in [-0.4, -0.2) is 25.8 Å². The summed E-state index contributed by atoms with van der Waals surface area (Å²) in [6.07, 6.45) is 2.41. The number of rotatable bonds is 6. The van der Waals surface area contributed by atoms with Gasteiger partial charge in [-0.1, -0.05) is 18.2 Å². The second-order valence-electron chi connectivity index (χ2n) is 4.44. The average molecular weight is 259 g/mol. The van der Waals surface area contributed by atoms with Gasteiger partial charge in [0.2, 0.25) is 0 Å². The van der Waals surface area contributed by atoms with Gasteiger partial charge in [0.25, 0.3) is 0 Å². The highest BCUT2D eigenvalue weighted by atomic mass is 16.4. The lowest BCUT2D eigenvalue weighted by Crippen LogP contribution is -2.04. The first kappa shape index (κ1) is 13.3. The van der Waals surface area contributed by atoms with Crippen LogP contribution >= 0.6 is 0 Å². The molecular weight excluding hydrogens is 242 g/mol. The van der Waals surface area contributed by atoms with Crippen LogP contribution in [0.5, 0.6) is 0 Å². The van der Waals surface area contributed by atoms with Crippen molar-refractivity contribution >= 4 is 5.97 Å². The predicted molar refractivity (Wildman–Crippen MR) is 71.3 cm³/mol. The van der Waals surface area contributed by atoms with E-state index in [1.807, 2.05) is 41.8 Å². The van der Waals surface area contributed by atoms with Crippen molar-refractivity contribution in [1.29, 1.82) is 0 Å². The molecule has 0 atom stereocenters. The summed E-state index contributed by atoms with van der Waals surface area (Å²) in [5, 5.41) is 16.9. The van der Waals surface area contributed by atoms with E-state index in [4.69, 9.17) is 5.11 Å². The van der Waals surface area contributed by atoms with E-state index in [-0.39, 0.29) is 6.42 Å². The van der Waals surface area contributed by atoms with Crippen LogP contribution in [0.2, 0.25) is 0 Å². The Morgan fingerprint density at radius 1 is 1.21 bits per heavy atom. The predicted octanol–water partition coefficient (Wildman–Crippen LogP) is 2.37. The molecule has 0 unspecified atom stereocenters. The number of nitrogens with zero attached hydrogens (tertiary/aromatic N) is 3. The van der Waals surface area contributed by atoms with Crippen molar-refractivity contribution in [2.45, 2.75) is 32.6 Å². The summed E-state index contributed by atoms with van der Waals surface area (Å²) in [5.74, 6) is 0.981. The Hall–Kier alpha value is -2.17. The van der Waals surface area contributed by atoms with Gasteiger partial charge < -0.3 is 5.11 Å². The standard InChI is InChI=1S/C14H17N3O2/c1-11-15-16-13(9-5-6-10-14(18)19)17(11)12-7-3-2-4-8-12/h2-4,7-8H,5-6,9-10H2,1H3,(H,18,19). The molecule has 0 saturated heterocycles. The molecule has 0 spiro atoms. The average Bonchev–Trinajstić information content (AvgIpc) is 2.77. The van der Waals surface area contributed by atoms with Crippen molar-refractivity contribution in [1.82, 2.24) is 14.8 Å². The molecule has 0 fully saturated rings. The first-order valence-corrected chi connectivity index (χ1v) is 6.36. The number of carboxylic acids is 1. The fraction of sp³-hybridized carbons (Fsp3) is 0.357. The minimum atomic E-state index is -0.749. The third-order valence-corrected chi connectivity index (χ3v) is 2.95. The lowest BCUT2D eigenvalue weighted by molar-refractivity contribution is -0.137. The molecule has 0 bridgehead atoms. The van der Waals surface area contributed by atoms with Gasteiger partial charge in [0, 0.05) is 18.5 Å². The molecule has 0 aliphatic rings. The smallest absolute Gasteiger partial charge is 0.303 e. The molecule has 2 rings (SSSR count). The monoisotopic (exact) mass is 259 g/mol. The second kappa shape index (κ2) is 6.13. The van der Waals surface area contributed by atoms with Crippen LogP contribution in [0.1, 0.15) is 30.9 Å². The molecule has 1 aromatic carbocycles. The molecule has 1 N–H and O–H groups in total. The number of aliphatic carboxylic acids is 1. The molecule has 0 saturated carbocycles. The molecule has 19 heavy (non-hydrogen) atoms. The van der Waals surface area contributed by atoms with E-state index in [0.717, 1.165) is 30.2 Å². The number of carboxylic acid groups (broad SMARTS) is 1. The summed E-state index contributed by atoms with van der Waals surface area (Å²) in [5.41, 5.74) is 1.04. The number of hydrogen-bond donors (Lipinski definition) is 1. The van der Waals surface area contributed by atoms with E-state index in [1.54, 1.807) is 0 Å². The summed E-state index contributed by atoms with van der Waals surface area (Å²) in [7, 11) is 0. The Bertz CT molecular complexity index is 549. The van der Waals surface area contributed by atoms with Crippen molar-refractivity contribution in [3.8, 4) is 5.69 Å². The number of aryl methyl sites for hydroxylation is 2. The molecule has 5 nitrogen and oxygen atoms in total. The Morgan fingerprint density at radius 3 is 2.63 bits per heavy atom. The zero-order chi connectivity index (χ0) is 13.7. The van der Waals surface area contributed by atoms with Crippen molar-refractivity contribution in [2.75, 3.05) is 0 Å². The van der Waals surface area contributed by atoms with Gasteiger partial charge in [0.1, 0.15) is 11.6 Å². The number of benzene rings is 1. The Balaban J connectivity index is 2.08. The molecule has 0 aliphatic carbocycles. The lowest BCUT2D eigenvalue weighted by Gasteiger charge is -2.08. The first-order chi connectivity index (χ1) is 9.18. The highest BCUT2D eigenvalue weighted by Gasteiger charge is 2.10. The van der Waals surface area contributed by atoms with Gasteiger partial charge in [0.05, 0.1) is 0 Å². The summed E-state index contributed by atoms with van der Waals surface area (Å²) < 4.78 is 2.01. The number of carbonyl (C=O) groups is 1. The number of hydrogen-bond acceptors (Lipinski definition) is 3. The van der Waals surface area contributed by atoms with E-state index in [9.17, 15) is 4.79 Å². The molecule has 0 amide bonds. The summed E-state index contributed by atoms with van der Waals surface area (Å²) in [4.78, 5) is 10.5. The van der Waals surface area contributed by atoms with Crippen molar-refractivity contribution in [2.24, 2.45) is 0 Å².